The highest BCUT2D eigenvalue weighted by atomic mass is 16.2. The van der Waals surface area contributed by atoms with Crippen LogP contribution in [-0.2, 0) is 4.79 Å². The molecule has 0 bridgehead atoms. The second-order valence-electron chi connectivity index (χ2n) is 16.4. The summed E-state index contributed by atoms with van der Waals surface area (Å²) in [7, 11) is 0. The fraction of sp³-hybridized carbons (Fsp3) is 0.915. The minimum atomic E-state index is 0.419. The van der Waals surface area contributed by atoms with E-state index in [0.717, 1.165) is 38.1 Å². The van der Waals surface area contributed by atoms with Gasteiger partial charge in [0.05, 0.1) is 19.2 Å². The lowest BCUT2D eigenvalue weighted by Crippen LogP contribution is -2.52. The quantitative estimate of drug-likeness (QED) is 0.0462. The molecule has 1 amide bonds. The van der Waals surface area contributed by atoms with Crippen LogP contribution in [0.3, 0.4) is 0 Å². The van der Waals surface area contributed by atoms with Crippen LogP contribution in [0.15, 0.2) is 17.4 Å². The van der Waals surface area contributed by atoms with E-state index in [0.29, 0.717) is 10.4 Å². The van der Waals surface area contributed by atoms with Crippen molar-refractivity contribution in [3.63, 3.8) is 0 Å². The molecule has 1 unspecified atom stereocenters. The van der Waals surface area contributed by atoms with E-state index in [1.54, 1.807) is 0 Å². The lowest BCUT2D eigenvalue weighted by Gasteiger charge is -2.30. The Bertz CT molecular complexity index is 788. The topological polar surface area (TPSA) is 29.4 Å². The Balaban J connectivity index is 2.37. The summed E-state index contributed by atoms with van der Waals surface area (Å²) in [6, 6.07) is 0. The van der Waals surface area contributed by atoms with Crippen molar-refractivity contribution in [1.29, 1.82) is 0 Å². The van der Waals surface area contributed by atoms with Gasteiger partial charge in [-0.05, 0) is 25.7 Å². The summed E-state index contributed by atoms with van der Waals surface area (Å²) in [5.41, 5.74) is 0. The SMILES string of the molecule is CCCCCCCCCCCCCCCC[N+]1(C(=O)CCCCCCCCCCCCCC)C=CN=C1CCCCCCCCCCCCC. The lowest BCUT2D eigenvalue weighted by atomic mass is 10.0. The number of amides is 1. The van der Waals surface area contributed by atoms with Crippen molar-refractivity contribution in [2.45, 2.75) is 271 Å². The number of quaternary nitrogens is 1. The number of nitrogens with zero attached hydrogens (tertiary/aromatic N) is 2. The second-order valence-corrected chi connectivity index (χ2v) is 16.4. The first-order chi connectivity index (χ1) is 24.7. The predicted molar refractivity (Wildman–Crippen MR) is 224 cm³/mol. The van der Waals surface area contributed by atoms with Crippen molar-refractivity contribution in [3.05, 3.63) is 12.4 Å². The third-order valence-electron chi connectivity index (χ3n) is 11.6. The third-order valence-corrected chi connectivity index (χ3v) is 11.6. The molecule has 0 aromatic heterocycles. The molecule has 0 aromatic carbocycles. The zero-order chi connectivity index (χ0) is 36.1. The first-order valence-corrected chi connectivity index (χ1v) is 23.4. The minimum Gasteiger partial charge on any atom is -0.230 e. The minimum absolute atomic E-state index is 0.419. The predicted octanol–water partition coefficient (Wildman–Crippen LogP) is 16.5. The molecule has 0 saturated heterocycles. The molecule has 1 atom stereocenters. The van der Waals surface area contributed by atoms with Crippen LogP contribution in [0, 0.1) is 0 Å². The number of amidine groups is 1. The molecule has 1 rings (SSSR count). The van der Waals surface area contributed by atoms with E-state index < -0.39 is 0 Å². The van der Waals surface area contributed by atoms with E-state index >= 15 is 0 Å². The molecule has 3 nitrogen and oxygen atoms in total. The molecule has 0 aromatic rings. The monoisotopic (exact) mass is 700 g/mol. The van der Waals surface area contributed by atoms with Crippen molar-refractivity contribution in [2.75, 3.05) is 6.54 Å². The lowest BCUT2D eigenvalue weighted by molar-refractivity contribution is -0.708. The van der Waals surface area contributed by atoms with Crippen molar-refractivity contribution in [1.82, 2.24) is 0 Å². The zero-order valence-electron chi connectivity index (χ0n) is 34.7. The maximum absolute atomic E-state index is 14.0. The average molecular weight is 700 g/mol. The van der Waals surface area contributed by atoms with Crippen LogP contribution >= 0.6 is 0 Å². The van der Waals surface area contributed by atoms with Gasteiger partial charge in [0.1, 0.15) is 6.20 Å². The van der Waals surface area contributed by atoms with Crippen LogP contribution in [-0.4, -0.2) is 22.8 Å². The number of aliphatic imine (C=N–C) groups is 1. The van der Waals surface area contributed by atoms with E-state index in [9.17, 15) is 4.79 Å². The number of carbonyl (C=O) groups is 1. The molecular formula is C47H91N2O+. The summed E-state index contributed by atoms with van der Waals surface area (Å²) in [5.74, 6) is 1.57. The summed E-state index contributed by atoms with van der Waals surface area (Å²) in [6.07, 6.45) is 56.1. The number of carbonyl (C=O) groups excluding carboxylic acids is 1. The summed E-state index contributed by atoms with van der Waals surface area (Å²) in [6.45, 7) is 7.83. The van der Waals surface area contributed by atoms with E-state index in [2.05, 4.69) is 27.0 Å². The van der Waals surface area contributed by atoms with Gasteiger partial charge < -0.3 is 0 Å². The van der Waals surface area contributed by atoms with E-state index in [1.807, 2.05) is 6.20 Å². The molecule has 3 heteroatoms. The highest BCUT2D eigenvalue weighted by molar-refractivity contribution is 5.90. The second kappa shape index (κ2) is 36.4. The molecule has 1 aliphatic rings. The first kappa shape index (κ1) is 47.1. The fourth-order valence-electron chi connectivity index (χ4n) is 8.06. The van der Waals surface area contributed by atoms with Crippen LogP contribution in [0.2, 0.25) is 0 Å². The van der Waals surface area contributed by atoms with Crippen molar-refractivity contribution < 1.29 is 9.28 Å². The molecule has 0 radical (unpaired) electrons. The largest absolute Gasteiger partial charge is 0.324 e. The van der Waals surface area contributed by atoms with E-state index in [1.165, 1.54) is 225 Å². The van der Waals surface area contributed by atoms with Gasteiger partial charge in [-0.2, -0.15) is 4.48 Å². The zero-order valence-corrected chi connectivity index (χ0v) is 34.7. The van der Waals surface area contributed by atoms with Crippen LogP contribution in [0.5, 0.6) is 0 Å². The first-order valence-electron chi connectivity index (χ1n) is 23.4. The Morgan fingerprint density at radius 3 is 1.08 bits per heavy atom. The summed E-state index contributed by atoms with van der Waals surface area (Å²) < 4.78 is 0.452. The van der Waals surface area contributed by atoms with Crippen LogP contribution < -0.4 is 0 Å². The molecule has 294 valence electrons. The Labute approximate surface area is 315 Å². The van der Waals surface area contributed by atoms with E-state index in [-0.39, 0.29) is 0 Å². The Hall–Kier alpha value is -0.960. The average Bonchev–Trinajstić information content (AvgIpc) is 3.54. The summed E-state index contributed by atoms with van der Waals surface area (Å²) in [4.78, 5) is 18.8. The van der Waals surface area contributed by atoms with Gasteiger partial charge in [-0.1, -0.05) is 233 Å². The summed E-state index contributed by atoms with van der Waals surface area (Å²) >= 11 is 0. The number of hydrogen-bond acceptors (Lipinski definition) is 2. The van der Waals surface area contributed by atoms with Gasteiger partial charge in [-0.3, -0.25) is 0 Å². The van der Waals surface area contributed by atoms with Gasteiger partial charge in [-0.15, -0.1) is 0 Å². The molecule has 0 N–H and O–H groups in total. The van der Waals surface area contributed by atoms with Gasteiger partial charge >= 0.3 is 5.91 Å². The Kier molecular flexibility index (Phi) is 34.3. The standard InChI is InChI=1S/C47H91N2O/c1-4-7-10-13-16-19-22-24-25-28-31-34-37-40-44-49(47(50)42-39-36-33-30-27-23-20-17-14-11-8-5-2)45-43-48-46(49)41-38-35-32-29-26-21-18-15-12-9-6-3/h43,45H,4-42,44H2,1-3H3/q+1. The molecule has 0 spiro atoms. The molecule has 50 heavy (non-hydrogen) atoms. The smallest absolute Gasteiger partial charge is 0.230 e. The molecule has 1 heterocycles. The third kappa shape index (κ3) is 25.9. The van der Waals surface area contributed by atoms with Gasteiger partial charge in [0.2, 0.25) is 5.84 Å². The van der Waals surface area contributed by atoms with Crippen LogP contribution in [0.25, 0.3) is 0 Å². The van der Waals surface area contributed by atoms with Gasteiger partial charge in [-0.25, -0.2) is 9.79 Å². The van der Waals surface area contributed by atoms with Crippen LogP contribution in [0.4, 0.5) is 0 Å². The molecule has 1 aliphatic heterocycles. The molecule has 0 aliphatic carbocycles. The number of rotatable bonds is 40. The summed E-state index contributed by atoms with van der Waals surface area (Å²) in [5, 5.41) is 0. The Morgan fingerprint density at radius 1 is 0.420 bits per heavy atom. The molecule has 0 fully saturated rings. The maximum atomic E-state index is 14.0. The highest BCUT2D eigenvalue weighted by Crippen LogP contribution is 2.26. The fourth-order valence-corrected chi connectivity index (χ4v) is 8.06. The highest BCUT2D eigenvalue weighted by Gasteiger charge is 2.41. The normalized spacial score (nSPS) is 15.7. The van der Waals surface area contributed by atoms with Gasteiger partial charge in [0.25, 0.3) is 0 Å². The van der Waals surface area contributed by atoms with Crippen molar-refractivity contribution >= 4 is 11.7 Å². The number of unbranched alkanes of at least 4 members (excludes halogenated alkanes) is 34. The van der Waals surface area contributed by atoms with Gasteiger partial charge in [0.15, 0.2) is 0 Å². The Morgan fingerprint density at radius 2 is 0.720 bits per heavy atom. The molecular weight excluding hydrogens is 609 g/mol. The number of hydrogen-bond donors (Lipinski definition) is 0. The molecule has 0 saturated carbocycles. The van der Waals surface area contributed by atoms with Gasteiger partial charge in [0, 0.05) is 6.42 Å². The van der Waals surface area contributed by atoms with Crippen molar-refractivity contribution in [2.24, 2.45) is 4.99 Å². The maximum Gasteiger partial charge on any atom is 0.324 e. The van der Waals surface area contributed by atoms with Crippen LogP contribution in [0.1, 0.15) is 271 Å². The van der Waals surface area contributed by atoms with Crippen molar-refractivity contribution in [3.8, 4) is 0 Å². The van der Waals surface area contributed by atoms with E-state index in [4.69, 9.17) is 4.99 Å².